The van der Waals surface area contributed by atoms with E-state index in [1.165, 1.54) is 12.8 Å². The minimum atomic E-state index is -0.306. The third-order valence-electron chi connectivity index (χ3n) is 2.58. The molecule has 0 aliphatic rings. The highest BCUT2D eigenvalue weighted by molar-refractivity contribution is 9.09. The number of unbranched alkanes of at least 4 members (excludes halogenated alkanes) is 1. The molecule has 2 N–H and O–H groups in total. The molecular formula is C14H28BrNO2. The van der Waals surface area contributed by atoms with Crippen molar-refractivity contribution in [3.63, 3.8) is 0 Å². The van der Waals surface area contributed by atoms with Crippen molar-refractivity contribution in [2.45, 2.75) is 46.5 Å². The first-order chi connectivity index (χ1) is 8.58. The molecule has 0 fully saturated rings. The second kappa shape index (κ2) is 14.7. The first-order valence-corrected chi connectivity index (χ1v) is 7.82. The first-order valence-electron chi connectivity index (χ1n) is 6.70. The third-order valence-corrected chi connectivity index (χ3v) is 3.14. The molecule has 0 aliphatic heterocycles. The van der Waals surface area contributed by atoms with Gasteiger partial charge in [0.1, 0.15) is 6.61 Å². The van der Waals surface area contributed by atoms with Gasteiger partial charge in [-0.1, -0.05) is 49.7 Å². The standard InChI is InChI=1S/C10H19NO2.C4H9Br/c1-4-9(5-2)8(3)10(12)13-7-6-11;1-2-3-4-5/h9H,3-7,11H2,1-2H3;2-4H2,1H3. The van der Waals surface area contributed by atoms with Gasteiger partial charge in [0.05, 0.1) is 0 Å². The quantitative estimate of drug-likeness (QED) is 0.421. The molecule has 0 heterocycles. The van der Waals surface area contributed by atoms with E-state index in [1.807, 2.05) is 13.8 Å². The minimum Gasteiger partial charge on any atom is -0.461 e. The molecule has 0 saturated carbocycles. The Morgan fingerprint density at radius 3 is 2.17 bits per heavy atom. The van der Waals surface area contributed by atoms with Crippen molar-refractivity contribution < 1.29 is 9.53 Å². The van der Waals surface area contributed by atoms with Crippen LogP contribution in [0.2, 0.25) is 0 Å². The molecule has 0 unspecified atom stereocenters. The summed E-state index contributed by atoms with van der Waals surface area (Å²) >= 11 is 3.31. The molecule has 3 nitrogen and oxygen atoms in total. The fourth-order valence-corrected chi connectivity index (χ4v) is 1.89. The smallest absolute Gasteiger partial charge is 0.333 e. The van der Waals surface area contributed by atoms with Gasteiger partial charge in [0.2, 0.25) is 0 Å². The van der Waals surface area contributed by atoms with E-state index in [9.17, 15) is 4.79 Å². The average Bonchev–Trinajstić information content (AvgIpc) is 2.38. The van der Waals surface area contributed by atoms with Gasteiger partial charge < -0.3 is 10.5 Å². The van der Waals surface area contributed by atoms with Gasteiger partial charge in [-0.2, -0.15) is 0 Å². The summed E-state index contributed by atoms with van der Waals surface area (Å²) < 4.78 is 4.87. The Balaban J connectivity index is 0. The zero-order valence-corrected chi connectivity index (χ0v) is 13.6. The predicted molar refractivity (Wildman–Crippen MR) is 81.9 cm³/mol. The lowest BCUT2D eigenvalue weighted by Gasteiger charge is -2.14. The number of esters is 1. The highest BCUT2D eigenvalue weighted by Gasteiger charge is 2.16. The lowest BCUT2D eigenvalue weighted by atomic mass is 9.95. The Hall–Kier alpha value is -0.350. The molecule has 18 heavy (non-hydrogen) atoms. The predicted octanol–water partition coefficient (Wildman–Crippen LogP) is 3.66. The van der Waals surface area contributed by atoms with Crippen molar-refractivity contribution in [2.24, 2.45) is 11.7 Å². The van der Waals surface area contributed by atoms with Gasteiger partial charge in [-0.05, 0) is 25.2 Å². The van der Waals surface area contributed by atoms with Gasteiger partial charge in [-0.15, -0.1) is 0 Å². The second-order valence-corrected chi connectivity index (χ2v) is 4.80. The van der Waals surface area contributed by atoms with Crippen molar-refractivity contribution in [3.8, 4) is 0 Å². The van der Waals surface area contributed by atoms with E-state index in [0.29, 0.717) is 12.1 Å². The largest absolute Gasteiger partial charge is 0.461 e. The van der Waals surface area contributed by atoms with Crippen LogP contribution in [0.15, 0.2) is 12.2 Å². The van der Waals surface area contributed by atoms with Crippen molar-refractivity contribution in [2.75, 3.05) is 18.5 Å². The van der Waals surface area contributed by atoms with E-state index in [0.717, 1.165) is 18.2 Å². The van der Waals surface area contributed by atoms with Crippen molar-refractivity contribution in [1.82, 2.24) is 0 Å². The van der Waals surface area contributed by atoms with Crippen molar-refractivity contribution in [3.05, 3.63) is 12.2 Å². The van der Waals surface area contributed by atoms with E-state index in [2.05, 4.69) is 29.4 Å². The highest BCUT2D eigenvalue weighted by atomic mass is 79.9. The van der Waals surface area contributed by atoms with Crippen LogP contribution >= 0.6 is 15.9 Å². The average molecular weight is 322 g/mol. The zero-order valence-electron chi connectivity index (χ0n) is 12.0. The van der Waals surface area contributed by atoms with E-state index >= 15 is 0 Å². The first kappa shape index (κ1) is 20.0. The number of hydrogen-bond acceptors (Lipinski definition) is 3. The molecule has 0 bridgehead atoms. The summed E-state index contributed by atoms with van der Waals surface area (Å²) in [5.74, 6) is -0.0653. The molecule has 0 spiro atoms. The number of ether oxygens (including phenoxy) is 1. The Kier molecular flexibility index (Phi) is 16.3. The lowest BCUT2D eigenvalue weighted by Crippen LogP contribution is -2.18. The summed E-state index contributed by atoms with van der Waals surface area (Å²) in [6, 6.07) is 0. The van der Waals surface area contributed by atoms with Crippen LogP contribution in [0.4, 0.5) is 0 Å². The van der Waals surface area contributed by atoms with Crippen LogP contribution in [-0.2, 0) is 9.53 Å². The summed E-state index contributed by atoms with van der Waals surface area (Å²) in [5, 5.41) is 1.16. The molecule has 0 atom stereocenters. The Labute approximate surface area is 120 Å². The van der Waals surface area contributed by atoms with E-state index in [-0.39, 0.29) is 18.5 Å². The summed E-state index contributed by atoms with van der Waals surface area (Å²) in [6.45, 7) is 10.6. The molecule has 0 amide bonds. The fraction of sp³-hybridized carbons (Fsp3) is 0.786. The molecule has 0 aromatic rings. The van der Waals surface area contributed by atoms with Gasteiger partial charge in [0.25, 0.3) is 0 Å². The van der Waals surface area contributed by atoms with Crippen molar-refractivity contribution >= 4 is 21.9 Å². The molecule has 0 saturated heterocycles. The zero-order chi connectivity index (χ0) is 14.4. The normalized spacial score (nSPS) is 9.67. The highest BCUT2D eigenvalue weighted by Crippen LogP contribution is 2.17. The maximum absolute atomic E-state index is 11.3. The van der Waals surface area contributed by atoms with Gasteiger partial charge >= 0.3 is 5.97 Å². The summed E-state index contributed by atoms with van der Waals surface area (Å²) in [4.78, 5) is 11.3. The van der Waals surface area contributed by atoms with Gasteiger partial charge in [-0.3, -0.25) is 0 Å². The SMILES string of the molecule is C=C(C(=O)OCCN)C(CC)CC.CCCCBr. The number of halogens is 1. The Bertz CT molecular complexity index is 214. The van der Waals surface area contributed by atoms with E-state index < -0.39 is 0 Å². The summed E-state index contributed by atoms with van der Waals surface area (Å²) in [6.07, 6.45) is 4.45. The molecule has 0 rings (SSSR count). The molecule has 0 aromatic carbocycles. The van der Waals surface area contributed by atoms with Gasteiger partial charge in [0.15, 0.2) is 0 Å². The fourth-order valence-electron chi connectivity index (χ4n) is 1.33. The van der Waals surface area contributed by atoms with Gasteiger partial charge in [-0.25, -0.2) is 4.79 Å². The lowest BCUT2D eigenvalue weighted by molar-refractivity contribution is -0.139. The minimum absolute atomic E-state index is 0.241. The number of hydrogen-bond donors (Lipinski definition) is 1. The van der Waals surface area contributed by atoms with Crippen LogP contribution < -0.4 is 5.73 Å². The summed E-state index contributed by atoms with van der Waals surface area (Å²) in [7, 11) is 0. The van der Waals surface area contributed by atoms with Crippen LogP contribution in [0, 0.1) is 5.92 Å². The molecule has 0 aromatic heterocycles. The van der Waals surface area contributed by atoms with Crippen LogP contribution in [0.1, 0.15) is 46.5 Å². The van der Waals surface area contributed by atoms with E-state index in [4.69, 9.17) is 10.5 Å². The van der Waals surface area contributed by atoms with Crippen LogP contribution in [0.25, 0.3) is 0 Å². The third kappa shape index (κ3) is 10.8. The van der Waals surface area contributed by atoms with E-state index in [1.54, 1.807) is 0 Å². The Morgan fingerprint density at radius 2 is 1.89 bits per heavy atom. The van der Waals surface area contributed by atoms with Crippen LogP contribution in [0.3, 0.4) is 0 Å². The van der Waals surface area contributed by atoms with Crippen LogP contribution in [-0.4, -0.2) is 24.5 Å². The number of alkyl halides is 1. The molecule has 0 aliphatic carbocycles. The number of carbonyl (C=O) groups is 1. The van der Waals surface area contributed by atoms with Crippen molar-refractivity contribution in [1.29, 1.82) is 0 Å². The maximum Gasteiger partial charge on any atom is 0.333 e. The number of carbonyl (C=O) groups excluding carboxylic acids is 1. The van der Waals surface area contributed by atoms with Crippen LogP contribution in [0.5, 0.6) is 0 Å². The Morgan fingerprint density at radius 1 is 1.33 bits per heavy atom. The second-order valence-electron chi connectivity index (χ2n) is 4.01. The monoisotopic (exact) mass is 321 g/mol. The molecular weight excluding hydrogens is 294 g/mol. The number of nitrogens with two attached hydrogens (primary N) is 1. The molecule has 108 valence electrons. The topological polar surface area (TPSA) is 52.3 Å². The summed E-state index contributed by atoms with van der Waals surface area (Å²) in [5.41, 5.74) is 5.78. The molecule has 4 heteroatoms. The van der Waals surface area contributed by atoms with Gasteiger partial charge in [0, 0.05) is 17.4 Å². The maximum atomic E-state index is 11.3. The molecule has 0 radical (unpaired) electrons. The number of rotatable bonds is 8.